The quantitative estimate of drug-likeness (QED) is 0.195. The molecule has 178 valence electrons. The molecular formula is C23H36N4O5. The summed E-state index contributed by atoms with van der Waals surface area (Å²) < 4.78 is 0. The van der Waals surface area contributed by atoms with Crippen LogP contribution in [0.1, 0.15) is 6.92 Å². The van der Waals surface area contributed by atoms with Crippen LogP contribution in [0.25, 0.3) is 0 Å². The zero-order valence-electron chi connectivity index (χ0n) is 18.6. The molecule has 9 nitrogen and oxygen atoms in total. The van der Waals surface area contributed by atoms with Gasteiger partial charge in [-0.25, -0.2) is 0 Å². The second-order valence-corrected chi connectivity index (χ2v) is 7.47. The number of aliphatic hydroxyl groups excluding tert-OH is 5. The third-order valence-electron chi connectivity index (χ3n) is 5.07. The van der Waals surface area contributed by atoms with Gasteiger partial charge in [0.1, 0.15) is 6.17 Å². The summed E-state index contributed by atoms with van der Waals surface area (Å²) in [6, 6.07) is 15.2. The SMILES string of the molecule is CC(O)C(Nc1ccc(N(CCO)CCO)cc1)Nc1ccc(N(CCO)CCO)cc1. The lowest BCUT2D eigenvalue weighted by atomic mass is 10.2. The lowest BCUT2D eigenvalue weighted by Gasteiger charge is -2.27. The molecule has 2 rings (SSSR count). The molecule has 0 aliphatic heterocycles. The van der Waals surface area contributed by atoms with Crippen LogP contribution in [-0.4, -0.2) is 90.4 Å². The zero-order valence-corrected chi connectivity index (χ0v) is 18.6. The molecule has 2 aromatic carbocycles. The summed E-state index contributed by atoms with van der Waals surface area (Å²) in [7, 11) is 0. The average Bonchev–Trinajstić information content (AvgIpc) is 2.79. The molecule has 0 radical (unpaired) electrons. The molecule has 0 heterocycles. The molecule has 0 bridgehead atoms. The topological polar surface area (TPSA) is 132 Å². The third-order valence-corrected chi connectivity index (χ3v) is 5.07. The second-order valence-electron chi connectivity index (χ2n) is 7.47. The maximum atomic E-state index is 10.2. The van der Waals surface area contributed by atoms with E-state index in [1.165, 1.54) is 0 Å². The molecule has 0 amide bonds. The Morgan fingerprint density at radius 1 is 0.625 bits per heavy atom. The summed E-state index contributed by atoms with van der Waals surface area (Å²) in [5.74, 6) is 0. The molecule has 9 heteroatoms. The van der Waals surface area contributed by atoms with Crippen LogP contribution in [0.5, 0.6) is 0 Å². The lowest BCUT2D eigenvalue weighted by Crippen LogP contribution is -2.38. The second kappa shape index (κ2) is 13.8. The Hall–Kier alpha value is -2.56. The van der Waals surface area contributed by atoms with E-state index in [9.17, 15) is 25.5 Å². The number of hydrogen-bond acceptors (Lipinski definition) is 9. The van der Waals surface area contributed by atoms with Crippen LogP contribution < -0.4 is 20.4 Å². The van der Waals surface area contributed by atoms with Crippen molar-refractivity contribution in [1.82, 2.24) is 0 Å². The molecule has 1 unspecified atom stereocenters. The van der Waals surface area contributed by atoms with Crippen molar-refractivity contribution in [3.63, 3.8) is 0 Å². The van der Waals surface area contributed by atoms with Crippen LogP contribution in [0.2, 0.25) is 0 Å². The van der Waals surface area contributed by atoms with Crippen molar-refractivity contribution in [3.05, 3.63) is 48.5 Å². The van der Waals surface area contributed by atoms with Gasteiger partial charge in [-0.15, -0.1) is 0 Å². The lowest BCUT2D eigenvalue weighted by molar-refractivity contribution is 0.181. The number of aliphatic hydroxyl groups is 5. The van der Waals surface area contributed by atoms with Crippen molar-refractivity contribution in [1.29, 1.82) is 0 Å². The number of benzene rings is 2. The summed E-state index contributed by atoms with van der Waals surface area (Å²) in [6.07, 6.45) is -1.13. The minimum Gasteiger partial charge on any atom is -0.395 e. The smallest absolute Gasteiger partial charge is 0.123 e. The monoisotopic (exact) mass is 448 g/mol. The van der Waals surface area contributed by atoms with Gasteiger partial charge >= 0.3 is 0 Å². The highest BCUT2D eigenvalue weighted by Crippen LogP contribution is 2.21. The first kappa shape index (κ1) is 25.7. The van der Waals surface area contributed by atoms with Gasteiger partial charge in [0.25, 0.3) is 0 Å². The van der Waals surface area contributed by atoms with E-state index in [1.807, 2.05) is 58.3 Å². The van der Waals surface area contributed by atoms with Crippen LogP contribution in [0, 0.1) is 0 Å². The van der Waals surface area contributed by atoms with Gasteiger partial charge in [-0.1, -0.05) is 0 Å². The third kappa shape index (κ3) is 7.85. The molecule has 0 aromatic heterocycles. The van der Waals surface area contributed by atoms with Crippen LogP contribution in [0.15, 0.2) is 48.5 Å². The molecule has 0 saturated heterocycles. The Morgan fingerprint density at radius 2 is 0.938 bits per heavy atom. The Kier molecular flexibility index (Phi) is 11.1. The first-order valence-corrected chi connectivity index (χ1v) is 10.9. The van der Waals surface area contributed by atoms with Crippen LogP contribution in [-0.2, 0) is 0 Å². The minimum absolute atomic E-state index is 0.00454. The zero-order chi connectivity index (χ0) is 23.3. The van der Waals surface area contributed by atoms with Crippen molar-refractivity contribution in [2.24, 2.45) is 0 Å². The van der Waals surface area contributed by atoms with E-state index < -0.39 is 12.3 Å². The van der Waals surface area contributed by atoms with Gasteiger partial charge in [0.05, 0.1) is 32.5 Å². The largest absolute Gasteiger partial charge is 0.395 e. The highest BCUT2D eigenvalue weighted by Gasteiger charge is 2.15. The van der Waals surface area contributed by atoms with Gasteiger partial charge in [0, 0.05) is 48.9 Å². The number of nitrogens with zero attached hydrogens (tertiary/aromatic N) is 2. The van der Waals surface area contributed by atoms with Crippen LogP contribution in [0.4, 0.5) is 22.7 Å². The van der Waals surface area contributed by atoms with Gasteiger partial charge in [-0.05, 0) is 55.5 Å². The fourth-order valence-electron chi connectivity index (χ4n) is 3.40. The van der Waals surface area contributed by atoms with E-state index in [4.69, 9.17) is 0 Å². The van der Waals surface area contributed by atoms with Gasteiger partial charge in [0.15, 0.2) is 0 Å². The Morgan fingerprint density at radius 3 is 1.19 bits per heavy atom. The molecule has 2 aromatic rings. The van der Waals surface area contributed by atoms with E-state index in [0.29, 0.717) is 26.2 Å². The predicted molar refractivity (Wildman–Crippen MR) is 128 cm³/mol. The van der Waals surface area contributed by atoms with E-state index in [1.54, 1.807) is 6.92 Å². The molecule has 0 saturated carbocycles. The first-order valence-electron chi connectivity index (χ1n) is 10.9. The Balaban J connectivity index is 2.04. The minimum atomic E-state index is -0.685. The first-order chi connectivity index (χ1) is 15.5. The molecule has 0 fully saturated rings. The molecule has 0 aliphatic rings. The number of hydrogen-bond donors (Lipinski definition) is 7. The summed E-state index contributed by atoms with van der Waals surface area (Å²) in [6.45, 7) is 3.47. The van der Waals surface area contributed by atoms with E-state index in [2.05, 4.69) is 10.6 Å². The van der Waals surface area contributed by atoms with Crippen molar-refractivity contribution < 1.29 is 25.5 Å². The van der Waals surface area contributed by atoms with Crippen molar-refractivity contribution in [2.45, 2.75) is 19.2 Å². The fraction of sp³-hybridized carbons (Fsp3) is 0.478. The Labute approximate surface area is 189 Å². The average molecular weight is 449 g/mol. The van der Waals surface area contributed by atoms with Crippen molar-refractivity contribution >= 4 is 22.7 Å². The van der Waals surface area contributed by atoms with E-state index in [-0.39, 0.29) is 26.4 Å². The van der Waals surface area contributed by atoms with Crippen molar-refractivity contribution in [3.8, 4) is 0 Å². The highest BCUT2D eigenvalue weighted by atomic mass is 16.3. The van der Waals surface area contributed by atoms with Gasteiger partial charge in [-0.2, -0.15) is 0 Å². The normalized spacial score (nSPS) is 12.0. The number of nitrogens with one attached hydrogen (secondary N) is 2. The maximum absolute atomic E-state index is 10.2. The fourth-order valence-corrected chi connectivity index (χ4v) is 3.40. The maximum Gasteiger partial charge on any atom is 0.123 e. The van der Waals surface area contributed by atoms with E-state index in [0.717, 1.165) is 22.7 Å². The molecule has 1 atom stereocenters. The molecule has 0 spiro atoms. The van der Waals surface area contributed by atoms with Crippen LogP contribution in [0.3, 0.4) is 0 Å². The highest BCUT2D eigenvalue weighted by molar-refractivity contribution is 5.58. The van der Waals surface area contributed by atoms with Gasteiger partial charge in [-0.3, -0.25) is 0 Å². The number of anilines is 4. The number of rotatable bonds is 15. The Bertz CT molecular complexity index is 684. The molecule has 32 heavy (non-hydrogen) atoms. The summed E-state index contributed by atoms with van der Waals surface area (Å²) in [5.41, 5.74) is 3.42. The molecule has 0 aliphatic carbocycles. The summed E-state index contributed by atoms with van der Waals surface area (Å²) in [5, 5.41) is 53.6. The summed E-state index contributed by atoms with van der Waals surface area (Å²) >= 11 is 0. The molecular weight excluding hydrogens is 412 g/mol. The standard InChI is InChI=1S/C23H36N4O5/c1-18(32)23(24-19-2-6-21(7-3-19)26(10-14-28)11-15-29)25-20-4-8-22(9-5-20)27(12-16-30)13-17-31/h2-9,18,23-25,28-32H,10-17H2,1H3. The molecule has 7 N–H and O–H groups in total. The summed E-state index contributed by atoms with van der Waals surface area (Å²) in [4.78, 5) is 3.79. The van der Waals surface area contributed by atoms with Gasteiger partial charge < -0.3 is 46.0 Å². The van der Waals surface area contributed by atoms with Gasteiger partial charge in [0.2, 0.25) is 0 Å². The van der Waals surface area contributed by atoms with Crippen molar-refractivity contribution in [2.75, 3.05) is 73.0 Å². The predicted octanol–water partition coefficient (Wildman–Crippen LogP) is 0.499. The van der Waals surface area contributed by atoms with Crippen LogP contribution >= 0.6 is 0 Å². The van der Waals surface area contributed by atoms with E-state index >= 15 is 0 Å².